The lowest BCUT2D eigenvalue weighted by atomic mass is 10.0. The van der Waals surface area contributed by atoms with E-state index in [9.17, 15) is 9.59 Å². The van der Waals surface area contributed by atoms with Crippen molar-refractivity contribution in [3.8, 4) is 0 Å². The second-order valence-electron chi connectivity index (χ2n) is 4.67. The highest BCUT2D eigenvalue weighted by atomic mass is 16.4. The highest BCUT2D eigenvalue weighted by molar-refractivity contribution is 6.03. The smallest absolute Gasteiger partial charge is 0.371 e. The molecule has 104 valence electrons. The van der Waals surface area contributed by atoms with Crippen LogP contribution in [0.25, 0.3) is 0 Å². The first-order valence-electron chi connectivity index (χ1n) is 6.22. The summed E-state index contributed by atoms with van der Waals surface area (Å²) in [6.07, 6.45) is 0. The number of furan rings is 1. The molecule has 0 fully saturated rings. The van der Waals surface area contributed by atoms with E-state index in [0.717, 1.165) is 5.56 Å². The van der Waals surface area contributed by atoms with Crippen LogP contribution in [0, 0.1) is 0 Å². The largest absolute Gasteiger partial charge is 0.475 e. The molecule has 0 saturated heterocycles. The molecule has 5 heteroatoms. The number of anilines is 1. The summed E-state index contributed by atoms with van der Waals surface area (Å²) in [5.74, 6) is -1.69. The van der Waals surface area contributed by atoms with Crippen LogP contribution >= 0.6 is 0 Å². The Morgan fingerprint density at radius 2 is 1.75 bits per heavy atom. The van der Waals surface area contributed by atoms with Crippen LogP contribution in [0.3, 0.4) is 0 Å². The molecule has 0 unspecified atom stereocenters. The number of rotatable bonds is 4. The zero-order valence-corrected chi connectivity index (χ0v) is 11.2. The summed E-state index contributed by atoms with van der Waals surface area (Å²) in [5.41, 5.74) is 1.70. The van der Waals surface area contributed by atoms with Gasteiger partial charge in [-0.2, -0.15) is 0 Å². The van der Waals surface area contributed by atoms with E-state index < -0.39 is 11.9 Å². The number of carboxylic acid groups (broad SMARTS) is 1. The molecule has 0 bridgehead atoms. The van der Waals surface area contributed by atoms with Gasteiger partial charge in [0.2, 0.25) is 5.76 Å². The van der Waals surface area contributed by atoms with Gasteiger partial charge in [0.15, 0.2) is 5.76 Å². The van der Waals surface area contributed by atoms with Crippen molar-refractivity contribution in [2.24, 2.45) is 0 Å². The maximum atomic E-state index is 12.0. The van der Waals surface area contributed by atoms with Crippen molar-refractivity contribution < 1.29 is 19.1 Å². The number of aromatic carboxylic acids is 1. The van der Waals surface area contributed by atoms with E-state index in [1.54, 1.807) is 6.07 Å². The van der Waals surface area contributed by atoms with Gasteiger partial charge >= 0.3 is 5.97 Å². The first-order chi connectivity index (χ1) is 9.49. The molecule has 0 radical (unpaired) electrons. The first-order valence-corrected chi connectivity index (χ1v) is 6.22. The summed E-state index contributed by atoms with van der Waals surface area (Å²) in [5, 5.41) is 11.5. The van der Waals surface area contributed by atoms with E-state index in [1.165, 1.54) is 12.1 Å². The third-order valence-corrected chi connectivity index (χ3v) is 2.87. The third-order valence-electron chi connectivity index (χ3n) is 2.87. The predicted octanol–water partition coefficient (Wildman–Crippen LogP) is 3.35. The standard InChI is InChI=1S/C15H15NO4/c1-9(2)10-5-3-4-6-11(10)16-14(17)12-7-8-13(20-12)15(18)19/h3-9H,1-2H3,(H,16,17)(H,18,19). The summed E-state index contributed by atoms with van der Waals surface area (Å²) >= 11 is 0. The van der Waals surface area contributed by atoms with Crippen molar-refractivity contribution in [3.05, 3.63) is 53.5 Å². The van der Waals surface area contributed by atoms with Crippen LogP contribution in [0.1, 0.15) is 46.4 Å². The van der Waals surface area contributed by atoms with Crippen LogP contribution in [0.5, 0.6) is 0 Å². The maximum absolute atomic E-state index is 12.0. The number of para-hydroxylation sites is 1. The number of hydrogen-bond donors (Lipinski definition) is 2. The number of amides is 1. The van der Waals surface area contributed by atoms with Gasteiger partial charge in [-0.3, -0.25) is 4.79 Å². The van der Waals surface area contributed by atoms with Gasteiger partial charge in [0, 0.05) is 5.69 Å². The highest BCUT2D eigenvalue weighted by Crippen LogP contribution is 2.24. The van der Waals surface area contributed by atoms with Gasteiger partial charge in [-0.1, -0.05) is 32.0 Å². The molecule has 2 aromatic rings. The molecule has 5 nitrogen and oxygen atoms in total. The van der Waals surface area contributed by atoms with E-state index in [0.29, 0.717) is 5.69 Å². The number of hydrogen-bond acceptors (Lipinski definition) is 3. The van der Waals surface area contributed by atoms with Gasteiger partial charge in [0.05, 0.1) is 0 Å². The van der Waals surface area contributed by atoms with Crippen molar-refractivity contribution in [1.82, 2.24) is 0 Å². The maximum Gasteiger partial charge on any atom is 0.371 e. The summed E-state index contributed by atoms with van der Waals surface area (Å²) in [6, 6.07) is 10.1. The molecule has 0 aliphatic heterocycles. The van der Waals surface area contributed by atoms with Gasteiger partial charge < -0.3 is 14.8 Å². The van der Waals surface area contributed by atoms with Gasteiger partial charge in [-0.05, 0) is 29.7 Å². The number of carbonyl (C=O) groups excluding carboxylic acids is 1. The van der Waals surface area contributed by atoms with E-state index >= 15 is 0 Å². The Labute approximate surface area is 116 Å². The molecule has 1 aromatic heterocycles. The van der Waals surface area contributed by atoms with E-state index in [4.69, 9.17) is 9.52 Å². The lowest BCUT2D eigenvalue weighted by molar-refractivity contribution is 0.0660. The molecular weight excluding hydrogens is 258 g/mol. The van der Waals surface area contributed by atoms with Crippen molar-refractivity contribution >= 4 is 17.6 Å². The molecule has 1 aromatic carbocycles. The quantitative estimate of drug-likeness (QED) is 0.895. The lowest BCUT2D eigenvalue weighted by Crippen LogP contribution is -2.13. The summed E-state index contributed by atoms with van der Waals surface area (Å²) in [7, 11) is 0. The summed E-state index contributed by atoms with van der Waals surface area (Å²) in [4.78, 5) is 22.7. The van der Waals surface area contributed by atoms with Crippen molar-refractivity contribution in [1.29, 1.82) is 0 Å². The molecule has 20 heavy (non-hydrogen) atoms. The monoisotopic (exact) mass is 273 g/mol. The van der Waals surface area contributed by atoms with E-state index in [-0.39, 0.29) is 17.4 Å². The average Bonchev–Trinajstić information content (AvgIpc) is 2.89. The molecular formula is C15H15NO4. The zero-order valence-electron chi connectivity index (χ0n) is 11.2. The van der Waals surface area contributed by atoms with Gasteiger partial charge in [-0.25, -0.2) is 4.79 Å². The second kappa shape index (κ2) is 5.61. The SMILES string of the molecule is CC(C)c1ccccc1NC(=O)c1ccc(C(=O)O)o1. The van der Waals surface area contributed by atoms with Crippen LogP contribution < -0.4 is 5.32 Å². The molecule has 0 spiro atoms. The van der Waals surface area contributed by atoms with E-state index in [1.807, 2.05) is 32.0 Å². The van der Waals surface area contributed by atoms with E-state index in [2.05, 4.69) is 5.32 Å². The van der Waals surface area contributed by atoms with Gasteiger partial charge in [-0.15, -0.1) is 0 Å². The fourth-order valence-corrected chi connectivity index (χ4v) is 1.87. The molecule has 0 aliphatic carbocycles. The Balaban J connectivity index is 2.21. The van der Waals surface area contributed by atoms with Gasteiger partial charge in [0.25, 0.3) is 5.91 Å². The Morgan fingerprint density at radius 1 is 1.10 bits per heavy atom. The summed E-state index contributed by atoms with van der Waals surface area (Å²) in [6.45, 7) is 4.06. The molecule has 2 rings (SSSR count). The predicted molar refractivity (Wildman–Crippen MR) is 74.2 cm³/mol. The molecule has 1 amide bonds. The average molecular weight is 273 g/mol. The van der Waals surface area contributed by atoms with Crippen LogP contribution in [-0.2, 0) is 0 Å². The Hall–Kier alpha value is -2.56. The highest BCUT2D eigenvalue weighted by Gasteiger charge is 2.16. The Bertz CT molecular complexity index is 643. The van der Waals surface area contributed by atoms with Crippen molar-refractivity contribution in [2.45, 2.75) is 19.8 Å². The lowest BCUT2D eigenvalue weighted by Gasteiger charge is -2.12. The molecule has 0 aliphatic rings. The van der Waals surface area contributed by atoms with Crippen LogP contribution in [0.2, 0.25) is 0 Å². The molecule has 1 heterocycles. The van der Waals surface area contributed by atoms with Gasteiger partial charge in [0.1, 0.15) is 0 Å². The Morgan fingerprint density at radius 3 is 2.35 bits per heavy atom. The minimum atomic E-state index is -1.20. The topological polar surface area (TPSA) is 79.5 Å². The zero-order chi connectivity index (χ0) is 14.7. The van der Waals surface area contributed by atoms with Crippen molar-refractivity contribution in [3.63, 3.8) is 0 Å². The third kappa shape index (κ3) is 2.88. The van der Waals surface area contributed by atoms with Crippen LogP contribution in [-0.4, -0.2) is 17.0 Å². The first kappa shape index (κ1) is 13.9. The van der Waals surface area contributed by atoms with Crippen LogP contribution in [0.15, 0.2) is 40.8 Å². The number of carboxylic acids is 1. The number of carbonyl (C=O) groups is 2. The molecule has 0 saturated carbocycles. The van der Waals surface area contributed by atoms with Crippen LogP contribution in [0.4, 0.5) is 5.69 Å². The number of benzene rings is 1. The Kier molecular flexibility index (Phi) is 3.89. The minimum Gasteiger partial charge on any atom is -0.475 e. The second-order valence-corrected chi connectivity index (χ2v) is 4.67. The summed E-state index contributed by atoms with van der Waals surface area (Å²) < 4.78 is 4.97. The molecule has 0 atom stereocenters. The minimum absolute atomic E-state index is 0.0269. The fourth-order valence-electron chi connectivity index (χ4n) is 1.87. The fraction of sp³-hybridized carbons (Fsp3) is 0.200. The number of nitrogens with one attached hydrogen (secondary N) is 1. The van der Waals surface area contributed by atoms with Crippen molar-refractivity contribution in [2.75, 3.05) is 5.32 Å². The molecule has 2 N–H and O–H groups in total. The normalized spacial score (nSPS) is 10.6.